The number of carbonyl (C=O) groups is 2. The van der Waals surface area contributed by atoms with Gasteiger partial charge in [-0.2, -0.15) is 0 Å². The third-order valence-electron chi connectivity index (χ3n) is 3.71. The van der Waals surface area contributed by atoms with Crippen LogP contribution in [0.3, 0.4) is 0 Å². The molecule has 0 bridgehead atoms. The molecule has 27 heavy (non-hydrogen) atoms. The average molecular weight is 374 g/mol. The van der Waals surface area contributed by atoms with Crippen LogP contribution in [0.2, 0.25) is 0 Å². The molecule has 2 rings (SSSR count). The quantitative estimate of drug-likeness (QED) is 0.660. The molecule has 6 nitrogen and oxygen atoms in total. The molecule has 0 spiro atoms. The second kappa shape index (κ2) is 9.56. The Hall–Kier alpha value is -3.09. The molecule has 0 heterocycles. The number of halogens is 1. The summed E-state index contributed by atoms with van der Waals surface area (Å²) in [6, 6.07) is 11.3. The van der Waals surface area contributed by atoms with Crippen molar-refractivity contribution in [3.63, 3.8) is 0 Å². The summed E-state index contributed by atoms with van der Waals surface area (Å²) in [5.41, 5.74) is 1.20. The van der Waals surface area contributed by atoms with Crippen LogP contribution in [0, 0.1) is 11.7 Å². The maximum atomic E-state index is 13.1. The van der Waals surface area contributed by atoms with Crippen LogP contribution in [0.1, 0.15) is 31.0 Å². The topological polar surface area (TPSA) is 87.7 Å². The largest absolute Gasteiger partial charge is 0.493 e. The predicted octanol–water partition coefficient (Wildman–Crippen LogP) is 3.49. The summed E-state index contributed by atoms with van der Waals surface area (Å²) in [4.78, 5) is 23.4. The molecule has 0 saturated heterocycles. The predicted molar refractivity (Wildman–Crippen MR) is 98.9 cm³/mol. The van der Waals surface area contributed by atoms with Crippen molar-refractivity contribution >= 4 is 12.0 Å². The van der Waals surface area contributed by atoms with Gasteiger partial charge in [-0.15, -0.1) is 0 Å². The molecule has 0 fully saturated rings. The lowest BCUT2D eigenvalue weighted by Crippen LogP contribution is -2.39. The first-order chi connectivity index (χ1) is 12.8. The Bertz CT molecular complexity index is 761. The molecule has 144 valence electrons. The van der Waals surface area contributed by atoms with E-state index in [0.29, 0.717) is 18.1 Å². The minimum Gasteiger partial charge on any atom is -0.493 e. The zero-order chi connectivity index (χ0) is 19.8. The molecule has 0 unspecified atom stereocenters. The number of hydrogen-bond acceptors (Lipinski definition) is 3. The van der Waals surface area contributed by atoms with Crippen molar-refractivity contribution < 1.29 is 23.8 Å². The molecule has 0 saturated carbocycles. The van der Waals surface area contributed by atoms with E-state index in [2.05, 4.69) is 24.5 Å². The van der Waals surface area contributed by atoms with Gasteiger partial charge in [0.1, 0.15) is 17.6 Å². The number of ether oxygens (including phenoxy) is 1. The van der Waals surface area contributed by atoms with Crippen molar-refractivity contribution in [1.29, 1.82) is 0 Å². The molecule has 0 aromatic heterocycles. The summed E-state index contributed by atoms with van der Waals surface area (Å²) in [6.45, 7) is 4.97. The number of carboxylic acid groups (broad SMARTS) is 1. The zero-order valence-electron chi connectivity index (χ0n) is 15.2. The minimum absolute atomic E-state index is 0.224. The molecule has 1 atom stereocenters. The van der Waals surface area contributed by atoms with Gasteiger partial charge < -0.3 is 20.5 Å². The van der Waals surface area contributed by atoms with Crippen LogP contribution in [0.25, 0.3) is 0 Å². The van der Waals surface area contributed by atoms with Gasteiger partial charge in [0.15, 0.2) is 0 Å². The van der Waals surface area contributed by atoms with E-state index in [0.717, 1.165) is 11.3 Å². The molecule has 0 aliphatic heterocycles. The number of benzene rings is 2. The number of rotatable bonds is 8. The van der Waals surface area contributed by atoms with E-state index < -0.39 is 23.9 Å². The number of carbonyl (C=O) groups excluding carboxylic acids is 1. The summed E-state index contributed by atoms with van der Waals surface area (Å²) in [6.07, 6.45) is -1.34. The fourth-order valence-electron chi connectivity index (χ4n) is 2.34. The van der Waals surface area contributed by atoms with E-state index in [9.17, 15) is 14.0 Å². The van der Waals surface area contributed by atoms with Crippen molar-refractivity contribution in [3.8, 4) is 5.75 Å². The first kappa shape index (κ1) is 20.2. The minimum atomic E-state index is -1.34. The maximum absolute atomic E-state index is 13.1. The van der Waals surface area contributed by atoms with Gasteiger partial charge in [-0.25, -0.2) is 9.18 Å². The van der Waals surface area contributed by atoms with E-state index in [1.165, 1.54) is 24.3 Å². The summed E-state index contributed by atoms with van der Waals surface area (Å²) in [7, 11) is 0. The fourth-order valence-corrected chi connectivity index (χ4v) is 2.34. The van der Waals surface area contributed by atoms with E-state index in [1.54, 1.807) is 0 Å². The highest BCUT2D eigenvalue weighted by Gasteiger charge is 2.22. The highest BCUT2D eigenvalue weighted by Crippen LogP contribution is 2.16. The van der Waals surface area contributed by atoms with E-state index in [1.807, 2.05) is 24.3 Å². The smallest absolute Gasteiger partial charge is 0.405 e. The van der Waals surface area contributed by atoms with Gasteiger partial charge >= 0.3 is 6.09 Å². The van der Waals surface area contributed by atoms with E-state index in [4.69, 9.17) is 9.84 Å². The number of hydrogen-bond donors (Lipinski definition) is 3. The van der Waals surface area contributed by atoms with Gasteiger partial charge in [-0.1, -0.05) is 38.1 Å². The van der Waals surface area contributed by atoms with Gasteiger partial charge in [-0.3, -0.25) is 4.79 Å². The molecule has 2 aromatic rings. The number of nitrogens with one attached hydrogen (secondary N) is 2. The highest BCUT2D eigenvalue weighted by atomic mass is 19.1. The van der Waals surface area contributed by atoms with Gasteiger partial charge in [-0.05, 0) is 41.3 Å². The molecule has 7 heteroatoms. The third-order valence-corrected chi connectivity index (χ3v) is 3.71. The first-order valence-corrected chi connectivity index (χ1v) is 8.59. The van der Waals surface area contributed by atoms with Gasteiger partial charge in [0.2, 0.25) is 5.91 Å². The Morgan fingerprint density at radius 1 is 1.07 bits per heavy atom. The lowest BCUT2D eigenvalue weighted by atomic mass is 10.1. The fraction of sp³-hybridized carbons (Fsp3) is 0.300. The van der Waals surface area contributed by atoms with Crippen molar-refractivity contribution in [1.82, 2.24) is 10.6 Å². The van der Waals surface area contributed by atoms with Crippen molar-refractivity contribution in [2.45, 2.75) is 26.4 Å². The Balaban J connectivity index is 1.98. The molecule has 0 aliphatic carbocycles. The lowest BCUT2D eigenvalue weighted by molar-refractivity contribution is -0.123. The second-order valence-corrected chi connectivity index (χ2v) is 6.50. The molecule has 3 N–H and O–H groups in total. The molecular weight excluding hydrogens is 351 g/mol. The van der Waals surface area contributed by atoms with Crippen LogP contribution in [0.15, 0.2) is 48.5 Å². The normalized spacial score (nSPS) is 11.7. The third kappa shape index (κ3) is 6.62. The summed E-state index contributed by atoms with van der Waals surface area (Å²) < 4.78 is 18.7. The SMILES string of the molecule is CC(C)COc1ccc(CNC(=O)[C@@H](NC(=O)O)c2ccc(F)cc2)cc1. The molecule has 2 amide bonds. The second-order valence-electron chi connectivity index (χ2n) is 6.50. The molecular formula is C20H23FN2O4. The number of amides is 2. The summed E-state index contributed by atoms with van der Waals surface area (Å²) in [5.74, 6) is 0.182. The van der Waals surface area contributed by atoms with Gasteiger partial charge in [0.25, 0.3) is 0 Å². The maximum Gasteiger partial charge on any atom is 0.405 e. The Labute approximate surface area is 157 Å². The van der Waals surface area contributed by atoms with Crippen LogP contribution >= 0.6 is 0 Å². The monoisotopic (exact) mass is 374 g/mol. The standard InChI is InChI=1S/C20H23FN2O4/c1-13(2)12-27-17-9-3-14(4-10-17)11-22-19(24)18(23-20(25)26)15-5-7-16(21)8-6-15/h3-10,13,18,23H,11-12H2,1-2H3,(H,22,24)(H,25,26)/t18-/m0/s1. The van der Waals surface area contributed by atoms with E-state index >= 15 is 0 Å². The first-order valence-electron chi connectivity index (χ1n) is 8.59. The Morgan fingerprint density at radius 2 is 1.70 bits per heavy atom. The van der Waals surface area contributed by atoms with Crippen LogP contribution in [-0.4, -0.2) is 23.7 Å². The Morgan fingerprint density at radius 3 is 2.26 bits per heavy atom. The van der Waals surface area contributed by atoms with Gasteiger partial charge in [0, 0.05) is 6.54 Å². The van der Waals surface area contributed by atoms with Crippen LogP contribution in [0.5, 0.6) is 5.75 Å². The van der Waals surface area contributed by atoms with Crippen molar-refractivity contribution in [2.24, 2.45) is 5.92 Å². The average Bonchev–Trinajstić information content (AvgIpc) is 2.64. The summed E-state index contributed by atoms with van der Waals surface area (Å²) in [5, 5.41) is 13.8. The van der Waals surface area contributed by atoms with Gasteiger partial charge in [0.05, 0.1) is 6.61 Å². The molecule has 0 aliphatic rings. The highest BCUT2D eigenvalue weighted by molar-refractivity contribution is 5.86. The molecule has 0 radical (unpaired) electrons. The Kier molecular flexibility index (Phi) is 7.16. The molecule has 2 aromatic carbocycles. The van der Waals surface area contributed by atoms with Crippen LogP contribution in [-0.2, 0) is 11.3 Å². The summed E-state index contributed by atoms with van der Waals surface area (Å²) >= 11 is 0. The van der Waals surface area contributed by atoms with E-state index in [-0.39, 0.29) is 6.54 Å². The zero-order valence-corrected chi connectivity index (χ0v) is 15.2. The van der Waals surface area contributed by atoms with Crippen LogP contribution in [0.4, 0.5) is 9.18 Å². The van der Waals surface area contributed by atoms with Crippen LogP contribution < -0.4 is 15.4 Å². The van der Waals surface area contributed by atoms with Crippen molar-refractivity contribution in [2.75, 3.05) is 6.61 Å². The lowest BCUT2D eigenvalue weighted by Gasteiger charge is -2.17. The van der Waals surface area contributed by atoms with Crippen molar-refractivity contribution in [3.05, 3.63) is 65.5 Å².